The third-order valence-corrected chi connectivity index (χ3v) is 2.58. The molecule has 1 aliphatic carbocycles. The maximum absolute atomic E-state index is 11.0. The van der Waals surface area contributed by atoms with Gasteiger partial charge in [0.2, 0.25) is 0 Å². The molecule has 1 unspecified atom stereocenters. The van der Waals surface area contributed by atoms with E-state index in [1.807, 2.05) is 6.92 Å². The third-order valence-electron chi connectivity index (χ3n) is 2.58. The van der Waals surface area contributed by atoms with Crippen LogP contribution in [0.15, 0.2) is 11.1 Å². The lowest BCUT2D eigenvalue weighted by Crippen LogP contribution is -2.09. The van der Waals surface area contributed by atoms with Gasteiger partial charge >= 0.3 is 0 Å². The first-order valence-corrected chi connectivity index (χ1v) is 4.34. The zero-order chi connectivity index (χ0) is 9.14. The minimum absolute atomic E-state index is 0.0484. The van der Waals surface area contributed by atoms with Crippen molar-refractivity contribution in [3.8, 4) is 0 Å². The van der Waals surface area contributed by atoms with Crippen LogP contribution in [0.5, 0.6) is 0 Å². The average Bonchev–Trinajstić information content (AvgIpc) is 2.49. The lowest BCUT2D eigenvalue weighted by molar-refractivity contribution is -0.119. The SMILES string of the molecule is CC(=O)C(C)C1=C(C=O)CCC1. The molecule has 12 heavy (non-hydrogen) atoms. The Kier molecular flexibility index (Phi) is 2.79. The van der Waals surface area contributed by atoms with Crippen molar-refractivity contribution in [3.63, 3.8) is 0 Å². The largest absolute Gasteiger partial charge is 0.299 e. The number of carbonyl (C=O) groups excluding carboxylic acids is 2. The highest BCUT2D eigenvalue weighted by molar-refractivity contribution is 5.84. The Labute approximate surface area is 72.7 Å². The van der Waals surface area contributed by atoms with Crippen LogP contribution in [0.25, 0.3) is 0 Å². The fraction of sp³-hybridized carbons (Fsp3) is 0.600. The zero-order valence-corrected chi connectivity index (χ0v) is 7.59. The molecule has 0 saturated heterocycles. The van der Waals surface area contributed by atoms with E-state index in [9.17, 15) is 9.59 Å². The van der Waals surface area contributed by atoms with Crippen molar-refractivity contribution in [2.24, 2.45) is 5.92 Å². The summed E-state index contributed by atoms with van der Waals surface area (Å²) in [6, 6.07) is 0. The van der Waals surface area contributed by atoms with Crippen molar-refractivity contribution >= 4 is 12.1 Å². The fourth-order valence-corrected chi connectivity index (χ4v) is 1.66. The summed E-state index contributed by atoms with van der Waals surface area (Å²) < 4.78 is 0. The number of hydrogen-bond acceptors (Lipinski definition) is 2. The second kappa shape index (κ2) is 3.65. The van der Waals surface area contributed by atoms with Crippen molar-refractivity contribution < 1.29 is 9.59 Å². The van der Waals surface area contributed by atoms with E-state index in [0.29, 0.717) is 0 Å². The number of ketones is 1. The van der Waals surface area contributed by atoms with Crippen molar-refractivity contribution in [2.75, 3.05) is 0 Å². The minimum Gasteiger partial charge on any atom is -0.299 e. The maximum Gasteiger partial charge on any atom is 0.145 e. The lowest BCUT2D eigenvalue weighted by Gasteiger charge is -2.09. The number of aldehydes is 1. The van der Waals surface area contributed by atoms with Gasteiger partial charge in [0.1, 0.15) is 12.1 Å². The van der Waals surface area contributed by atoms with Crippen molar-refractivity contribution in [2.45, 2.75) is 33.1 Å². The van der Waals surface area contributed by atoms with Crippen LogP contribution in [0.3, 0.4) is 0 Å². The summed E-state index contributed by atoms with van der Waals surface area (Å²) in [4.78, 5) is 21.6. The van der Waals surface area contributed by atoms with Crippen LogP contribution in [-0.4, -0.2) is 12.1 Å². The van der Waals surface area contributed by atoms with Gasteiger partial charge in [-0.2, -0.15) is 0 Å². The quantitative estimate of drug-likeness (QED) is 0.600. The Bertz CT molecular complexity index is 238. The average molecular weight is 166 g/mol. The van der Waals surface area contributed by atoms with E-state index in [1.165, 1.54) is 0 Å². The molecule has 0 bridgehead atoms. The molecule has 2 heteroatoms. The van der Waals surface area contributed by atoms with E-state index < -0.39 is 0 Å². The van der Waals surface area contributed by atoms with Gasteiger partial charge in [0, 0.05) is 5.92 Å². The van der Waals surface area contributed by atoms with Gasteiger partial charge in [-0.25, -0.2) is 0 Å². The maximum atomic E-state index is 11.0. The number of hydrogen-bond donors (Lipinski definition) is 0. The standard InChI is InChI=1S/C10H14O2/c1-7(8(2)12)10-5-3-4-9(10)6-11/h6-7H,3-5H2,1-2H3. The molecule has 0 saturated carbocycles. The summed E-state index contributed by atoms with van der Waals surface area (Å²) in [5.41, 5.74) is 1.93. The molecule has 1 aliphatic rings. The predicted octanol–water partition coefficient (Wildman–Crippen LogP) is 1.89. The first-order chi connectivity index (χ1) is 5.66. The Morgan fingerprint density at radius 3 is 2.67 bits per heavy atom. The molecule has 1 rings (SSSR count). The van der Waals surface area contributed by atoms with Crippen LogP contribution in [0, 0.1) is 5.92 Å². The number of carbonyl (C=O) groups is 2. The molecule has 0 fully saturated rings. The molecule has 2 nitrogen and oxygen atoms in total. The van der Waals surface area contributed by atoms with Gasteiger partial charge in [-0.05, 0) is 31.8 Å². The molecule has 0 radical (unpaired) electrons. The van der Waals surface area contributed by atoms with Gasteiger partial charge < -0.3 is 0 Å². The van der Waals surface area contributed by atoms with Crippen LogP contribution < -0.4 is 0 Å². The van der Waals surface area contributed by atoms with E-state index >= 15 is 0 Å². The second-order valence-electron chi connectivity index (χ2n) is 3.35. The molecule has 0 aliphatic heterocycles. The molecule has 0 aromatic heterocycles. The summed E-state index contributed by atoms with van der Waals surface area (Å²) in [7, 11) is 0. The molecule has 1 atom stereocenters. The molecule has 0 N–H and O–H groups in total. The predicted molar refractivity (Wildman–Crippen MR) is 46.8 cm³/mol. The molecule has 0 amide bonds. The Balaban J connectivity index is 2.85. The van der Waals surface area contributed by atoms with Gasteiger partial charge in [-0.1, -0.05) is 12.5 Å². The summed E-state index contributed by atoms with van der Waals surface area (Å²) >= 11 is 0. The van der Waals surface area contributed by atoms with Crippen LogP contribution in [0.4, 0.5) is 0 Å². The van der Waals surface area contributed by atoms with Gasteiger partial charge in [-0.15, -0.1) is 0 Å². The Morgan fingerprint density at radius 1 is 1.50 bits per heavy atom. The van der Waals surface area contributed by atoms with Gasteiger partial charge in [-0.3, -0.25) is 9.59 Å². The van der Waals surface area contributed by atoms with Crippen molar-refractivity contribution in [1.82, 2.24) is 0 Å². The number of rotatable bonds is 3. The smallest absolute Gasteiger partial charge is 0.145 e. The van der Waals surface area contributed by atoms with E-state index in [4.69, 9.17) is 0 Å². The van der Waals surface area contributed by atoms with Crippen LogP contribution in [0.2, 0.25) is 0 Å². The van der Waals surface area contributed by atoms with E-state index in [1.54, 1.807) is 6.92 Å². The van der Waals surface area contributed by atoms with Crippen LogP contribution in [0.1, 0.15) is 33.1 Å². The lowest BCUT2D eigenvalue weighted by atomic mass is 9.94. The molecule has 0 aromatic carbocycles. The Morgan fingerprint density at radius 2 is 2.17 bits per heavy atom. The first-order valence-electron chi connectivity index (χ1n) is 4.34. The monoisotopic (exact) mass is 166 g/mol. The van der Waals surface area contributed by atoms with E-state index in [0.717, 1.165) is 36.7 Å². The Hall–Kier alpha value is -0.920. The topological polar surface area (TPSA) is 34.1 Å². The first kappa shape index (κ1) is 9.17. The van der Waals surface area contributed by atoms with E-state index in [2.05, 4.69) is 0 Å². The second-order valence-corrected chi connectivity index (χ2v) is 3.35. The number of allylic oxidation sites excluding steroid dienone is 2. The molecular formula is C10H14O2. The summed E-state index contributed by atoms with van der Waals surface area (Å²) in [5, 5.41) is 0. The molecule has 0 aromatic rings. The van der Waals surface area contributed by atoms with Crippen LogP contribution in [-0.2, 0) is 9.59 Å². The fourth-order valence-electron chi connectivity index (χ4n) is 1.66. The van der Waals surface area contributed by atoms with Crippen molar-refractivity contribution in [1.29, 1.82) is 0 Å². The molecular weight excluding hydrogens is 152 g/mol. The number of Topliss-reactive ketones (excluding diaryl/α,β-unsaturated/α-hetero) is 1. The minimum atomic E-state index is -0.0484. The highest BCUT2D eigenvalue weighted by Gasteiger charge is 2.21. The zero-order valence-electron chi connectivity index (χ0n) is 7.59. The molecule has 0 heterocycles. The van der Waals surface area contributed by atoms with E-state index in [-0.39, 0.29) is 11.7 Å². The highest BCUT2D eigenvalue weighted by Crippen LogP contribution is 2.30. The van der Waals surface area contributed by atoms with Crippen LogP contribution >= 0.6 is 0 Å². The summed E-state index contributed by atoms with van der Waals surface area (Å²) in [6.45, 7) is 3.46. The summed E-state index contributed by atoms with van der Waals surface area (Å²) in [5.74, 6) is 0.110. The normalized spacial score (nSPS) is 19.5. The highest BCUT2D eigenvalue weighted by atomic mass is 16.1. The molecule has 0 spiro atoms. The molecule has 66 valence electrons. The van der Waals surface area contributed by atoms with Gasteiger partial charge in [0.05, 0.1) is 0 Å². The summed E-state index contributed by atoms with van der Waals surface area (Å²) in [6.07, 6.45) is 3.72. The van der Waals surface area contributed by atoms with Crippen molar-refractivity contribution in [3.05, 3.63) is 11.1 Å². The van der Waals surface area contributed by atoms with Gasteiger partial charge in [0.25, 0.3) is 0 Å². The van der Waals surface area contributed by atoms with Gasteiger partial charge in [0.15, 0.2) is 0 Å². The third kappa shape index (κ3) is 1.63.